The number of amides is 2. The van der Waals surface area contributed by atoms with Crippen LogP contribution >= 0.6 is 11.3 Å². The van der Waals surface area contributed by atoms with E-state index in [4.69, 9.17) is 4.74 Å². The standard InChI is InChI=1S/C17H18N4O3S/c22-16(20-15-8-18-3-4-19-15)13-7-11-1-5-21(9-14(11)24-13)17(23)12-2-6-25-10-12/h2-4,6,8,10-11,13-14H,1,5,7,9H2,(H,19,20,22)/t11-,13-,14+/m0/s1. The van der Waals surface area contributed by atoms with Crippen molar-refractivity contribution in [1.82, 2.24) is 14.9 Å². The molecule has 0 spiro atoms. The van der Waals surface area contributed by atoms with Gasteiger partial charge in [-0.2, -0.15) is 11.3 Å². The molecule has 2 saturated heterocycles. The fourth-order valence-corrected chi connectivity index (χ4v) is 4.05. The van der Waals surface area contributed by atoms with E-state index in [2.05, 4.69) is 15.3 Å². The Balaban J connectivity index is 1.37. The first-order valence-corrected chi connectivity index (χ1v) is 9.19. The Bertz CT molecular complexity index is 753. The maximum absolute atomic E-state index is 12.5. The first-order chi connectivity index (χ1) is 12.2. The molecule has 1 N–H and O–H groups in total. The van der Waals surface area contributed by atoms with Gasteiger partial charge in [-0.25, -0.2) is 4.98 Å². The summed E-state index contributed by atoms with van der Waals surface area (Å²) in [6.45, 7) is 1.24. The van der Waals surface area contributed by atoms with E-state index in [0.717, 1.165) is 12.0 Å². The molecule has 0 aliphatic carbocycles. The van der Waals surface area contributed by atoms with Gasteiger partial charge in [0, 0.05) is 30.9 Å². The minimum absolute atomic E-state index is 0.0377. The molecule has 2 aliphatic rings. The van der Waals surface area contributed by atoms with Gasteiger partial charge in [0.15, 0.2) is 5.82 Å². The van der Waals surface area contributed by atoms with Gasteiger partial charge in [0.2, 0.25) is 0 Å². The van der Waals surface area contributed by atoms with Crippen molar-refractivity contribution in [3.05, 3.63) is 41.0 Å². The number of hydrogen-bond donors (Lipinski definition) is 1. The van der Waals surface area contributed by atoms with Crippen molar-refractivity contribution in [3.8, 4) is 0 Å². The average molecular weight is 358 g/mol. The number of thiophene rings is 1. The molecule has 130 valence electrons. The maximum atomic E-state index is 12.5. The first kappa shape index (κ1) is 16.2. The Kier molecular flexibility index (Phi) is 4.46. The number of rotatable bonds is 3. The van der Waals surface area contributed by atoms with E-state index in [0.29, 0.717) is 31.2 Å². The van der Waals surface area contributed by atoms with E-state index in [1.54, 1.807) is 6.20 Å². The fourth-order valence-electron chi connectivity index (χ4n) is 3.42. The molecule has 0 bridgehead atoms. The van der Waals surface area contributed by atoms with Gasteiger partial charge in [-0.1, -0.05) is 0 Å². The number of anilines is 1. The molecule has 8 heteroatoms. The predicted octanol–water partition coefficient (Wildman–Crippen LogP) is 1.80. The van der Waals surface area contributed by atoms with Gasteiger partial charge in [0.25, 0.3) is 11.8 Å². The third kappa shape index (κ3) is 3.40. The van der Waals surface area contributed by atoms with Crippen LogP contribution in [0, 0.1) is 5.92 Å². The Morgan fingerprint density at radius 1 is 1.36 bits per heavy atom. The van der Waals surface area contributed by atoms with E-state index in [1.807, 2.05) is 21.7 Å². The molecule has 2 fully saturated rings. The van der Waals surface area contributed by atoms with Crippen LogP contribution in [0.2, 0.25) is 0 Å². The van der Waals surface area contributed by atoms with Crippen molar-refractivity contribution in [2.75, 3.05) is 18.4 Å². The zero-order chi connectivity index (χ0) is 17.2. The maximum Gasteiger partial charge on any atom is 0.254 e. The van der Waals surface area contributed by atoms with Gasteiger partial charge in [-0.15, -0.1) is 0 Å². The number of likely N-dealkylation sites (tertiary alicyclic amines) is 1. The fraction of sp³-hybridized carbons (Fsp3) is 0.412. The van der Waals surface area contributed by atoms with Crippen molar-refractivity contribution in [2.24, 2.45) is 5.92 Å². The molecule has 2 aromatic heterocycles. The second-order valence-corrected chi connectivity index (χ2v) is 7.07. The van der Waals surface area contributed by atoms with Gasteiger partial charge in [0.05, 0.1) is 17.9 Å². The lowest BCUT2D eigenvalue weighted by Crippen LogP contribution is -2.45. The number of hydrogen-bond acceptors (Lipinski definition) is 6. The van der Waals surface area contributed by atoms with E-state index >= 15 is 0 Å². The molecule has 4 rings (SSSR count). The molecule has 0 aromatic carbocycles. The second-order valence-electron chi connectivity index (χ2n) is 6.29. The van der Waals surface area contributed by atoms with Crippen LogP contribution in [0.3, 0.4) is 0 Å². The van der Waals surface area contributed by atoms with E-state index in [9.17, 15) is 9.59 Å². The molecule has 7 nitrogen and oxygen atoms in total. The minimum atomic E-state index is -0.506. The van der Waals surface area contributed by atoms with Crippen molar-refractivity contribution >= 4 is 29.0 Å². The van der Waals surface area contributed by atoms with Crippen molar-refractivity contribution in [2.45, 2.75) is 25.0 Å². The first-order valence-electron chi connectivity index (χ1n) is 8.24. The van der Waals surface area contributed by atoms with Gasteiger partial charge in [-0.3, -0.25) is 14.6 Å². The Morgan fingerprint density at radius 3 is 3.04 bits per heavy atom. The lowest BCUT2D eigenvalue weighted by Gasteiger charge is -2.33. The highest BCUT2D eigenvalue weighted by Crippen LogP contribution is 2.34. The highest BCUT2D eigenvalue weighted by Gasteiger charge is 2.42. The highest BCUT2D eigenvalue weighted by atomic mass is 32.1. The van der Waals surface area contributed by atoms with Crippen LogP contribution in [0.15, 0.2) is 35.4 Å². The molecule has 0 unspecified atom stereocenters. The summed E-state index contributed by atoms with van der Waals surface area (Å²) in [6.07, 6.45) is 5.52. The number of carbonyl (C=O) groups is 2. The Labute approximate surface area is 149 Å². The zero-order valence-electron chi connectivity index (χ0n) is 13.5. The average Bonchev–Trinajstić information content (AvgIpc) is 3.31. The quantitative estimate of drug-likeness (QED) is 0.904. The number of nitrogens with zero attached hydrogens (tertiary/aromatic N) is 3. The van der Waals surface area contributed by atoms with E-state index in [-0.39, 0.29) is 17.9 Å². The monoisotopic (exact) mass is 358 g/mol. The summed E-state index contributed by atoms with van der Waals surface area (Å²) in [7, 11) is 0. The molecule has 2 aliphatic heterocycles. The predicted molar refractivity (Wildman–Crippen MR) is 92.3 cm³/mol. The second kappa shape index (κ2) is 6.89. The molecule has 2 amide bonds. The van der Waals surface area contributed by atoms with Crippen LogP contribution < -0.4 is 5.32 Å². The summed E-state index contributed by atoms with van der Waals surface area (Å²) in [6, 6.07) is 1.84. The summed E-state index contributed by atoms with van der Waals surface area (Å²) in [5.74, 6) is 0.561. The topological polar surface area (TPSA) is 84.4 Å². The minimum Gasteiger partial charge on any atom is -0.363 e. The van der Waals surface area contributed by atoms with Crippen LogP contribution in [0.4, 0.5) is 5.82 Å². The summed E-state index contributed by atoms with van der Waals surface area (Å²) in [5, 5.41) is 6.50. The van der Waals surface area contributed by atoms with Gasteiger partial charge in [0.1, 0.15) is 6.10 Å². The molecule has 0 saturated carbocycles. The molecule has 4 heterocycles. The van der Waals surface area contributed by atoms with Crippen molar-refractivity contribution in [3.63, 3.8) is 0 Å². The summed E-state index contributed by atoms with van der Waals surface area (Å²) in [5.41, 5.74) is 0.721. The van der Waals surface area contributed by atoms with Crippen LogP contribution in [-0.2, 0) is 9.53 Å². The largest absolute Gasteiger partial charge is 0.363 e. The van der Waals surface area contributed by atoms with Crippen molar-refractivity contribution in [1.29, 1.82) is 0 Å². The van der Waals surface area contributed by atoms with E-state index in [1.165, 1.54) is 23.7 Å². The summed E-state index contributed by atoms with van der Waals surface area (Å²) < 4.78 is 5.95. The van der Waals surface area contributed by atoms with Crippen LogP contribution in [0.5, 0.6) is 0 Å². The molecular weight excluding hydrogens is 340 g/mol. The number of fused-ring (bicyclic) bond motifs is 1. The van der Waals surface area contributed by atoms with Crippen LogP contribution in [-0.4, -0.2) is 52.0 Å². The molecular formula is C17H18N4O3S. The number of carbonyl (C=O) groups excluding carboxylic acids is 2. The summed E-state index contributed by atoms with van der Waals surface area (Å²) in [4.78, 5) is 34.7. The molecule has 2 aromatic rings. The summed E-state index contributed by atoms with van der Waals surface area (Å²) >= 11 is 1.51. The lowest BCUT2D eigenvalue weighted by molar-refractivity contribution is -0.127. The number of piperidine rings is 1. The number of aromatic nitrogens is 2. The van der Waals surface area contributed by atoms with Gasteiger partial charge >= 0.3 is 0 Å². The third-order valence-electron chi connectivity index (χ3n) is 4.71. The molecule has 25 heavy (non-hydrogen) atoms. The van der Waals surface area contributed by atoms with Crippen LogP contribution in [0.1, 0.15) is 23.2 Å². The molecule has 3 atom stereocenters. The Morgan fingerprint density at radius 2 is 2.28 bits per heavy atom. The zero-order valence-corrected chi connectivity index (χ0v) is 14.3. The molecule has 0 radical (unpaired) electrons. The number of nitrogens with one attached hydrogen (secondary N) is 1. The highest BCUT2D eigenvalue weighted by molar-refractivity contribution is 7.08. The third-order valence-corrected chi connectivity index (χ3v) is 5.40. The smallest absolute Gasteiger partial charge is 0.254 e. The normalized spacial score (nSPS) is 25.4. The SMILES string of the molecule is O=C(Nc1cnccn1)[C@@H]1C[C@@H]2CCN(C(=O)c3ccsc3)C[C@H]2O1. The van der Waals surface area contributed by atoms with Crippen molar-refractivity contribution < 1.29 is 14.3 Å². The van der Waals surface area contributed by atoms with Gasteiger partial charge < -0.3 is 15.0 Å². The number of ether oxygens (including phenoxy) is 1. The van der Waals surface area contributed by atoms with E-state index < -0.39 is 6.10 Å². The van der Waals surface area contributed by atoms with Crippen LogP contribution in [0.25, 0.3) is 0 Å². The lowest BCUT2D eigenvalue weighted by atomic mass is 9.91. The van der Waals surface area contributed by atoms with Gasteiger partial charge in [-0.05, 0) is 30.2 Å². The Hall–Kier alpha value is -2.32.